The van der Waals surface area contributed by atoms with Crippen molar-refractivity contribution in [3.05, 3.63) is 12.3 Å². The molecule has 0 saturated heterocycles. The number of allylic oxidation sites excluding steroid dienone is 1. The summed E-state index contributed by atoms with van der Waals surface area (Å²) in [4.78, 5) is 34.6. The standard InChI is InChI=1S/C12H22N4O3/c1-4-5-15-10(7-14-3)12(19)16-9(11(13)18)6-8(2)17/h4-5,9-10,14-15H,6-7H2,1-3H3,(H2,13,18)(H,16,19)/t9-,10-/m0/s1/i/hT. The van der Waals surface area contributed by atoms with Gasteiger partial charge in [0.2, 0.25) is 11.8 Å². The molecule has 2 amide bonds. The van der Waals surface area contributed by atoms with Gasteiger partial charge in [-0.25, -0.2) is 0 Å². The van der Waals surface area contributed by atoms with Gasteiger partial charge in [-0.15, -0.1) is 0 Å². The van der Waals surface area contributed by atoms with Crippen LogP contribution in [0.25, 0.3) is 0 Å². The summed E-state index contributed by atoms with van der Waals surface area (Å²) in [6, 6.07) is -1.62. The van der Waals surface area contributed by atoms with E-state index in [1.807, 2.05) is 0 Å². The Morgan fingerprint density at radius 2 is 2.05 bits per heavy atom. The van der Waals surface area contributed by atoms with Gasteiger partial charge in [-0.1, -0.05) is 6.08 Å². The summed E-state index contributed by atoms with van der Waals surface area (Å²) in [6.07, 6.45) is 3.21. The number of primary amides is 1. The number of Topliss-reactive ketones (excluding diaryl/α,β-unsaturated/α-hetero) is 1. The minimum absolute atomic E-state index is 0.146. The maximum Gasteiger partial charge on any atom is 0.244 e. The first-order valence-electron chi connectivity index (χ1n) is 6.49. The molecule has 0 aromatic rings. The lowest BCUT2D eigenvalue weighted by Crippen LogP contribution is -2.54. The van der Waals surface area contributed by atoms with Crippen LogP contribution in [0, 0.1) is 0 Å². The molecule has 0 fully saturated rings. The number of nitrogens with one attached hydrogen (secondary N) is 3. The maximum absolute atomic E-state index is 12.1. The van der Waals surface area contributed by atoms with Crippen LogP contribution < -0.4 is 21.7 Å². The molecule has 0 aliphatic heterocycles. The van der Waals surface area contributed by atoms with Crippen LogP contribution in [0.4, 0.5) is 0 Å². The molecule has 108 valence electrons. The SMILES string of the molecule is [3H]NC(=O)[C@H](CC(C)=O)NC(=O)[C@H](CNC)NC=CC. The normalized spacial score (nSPS) is 14.4. The van der Waals surface area contributed by atoms with Crippen molar-refractivity contribution in [1.82, 2.24) is 16.0 Å². The van der Waals surface area contributed by atoms with Crippen LogP contribution in [-0.4, -0.2) is 43.3 Å². The van der Waals surface area contributed by atoms with Gasteiger partial charge in [0, 0.05) is 13.0 Å². The minimum Gasteiger partial charge on any atom is -0.379 e. The lowest BCUT2D eigenvalue weighted by atomic mass is 10.1. The molecule has 19 heavy (non-hydrogen) atoms. The van der Waals surface area contributed by atoms with Crippen LogP contribution in [0.3, 0.4) is 0 Å². The summed E-state index contributed by atoms with van der Waals surface area (Å²) in [5, 5.41) is 8.18. The predicted molar refractivity (Wildman–Crippen MR) is 72.1 cm³/mol. The molecular formula is C12H22N4O3. The molecule has 0 unspecified atom stereocenters. The summed E-state index contributed by atoms with van der Waals surface area (Å²) < 4.78 is 6.83. The first-order valence-corrected chi connectivity index (χ1v) is 5.99. The van der Waals surface area contributed by atoms with Crippen LogP contribution in [-0.2, 0) is 14.4 Å². The number of carbonyl (C=O) groups is 3. The summed E-state index contributed by atoms with van der Waals surface area (Å²) in [5.74, 6) is -1.39. The van der Waals surface area contributed by atoms with E-state index in [1.54, 1.807) is 32.0 Å². The van der Waals surface area contributed by atoms with Crippen LogP contribution >= 0.6 is 0 Å². The number of ketones is 1. The monoisotopic (exact) mass is 272 g/mol. The third-order valence-corrected chi connectivity index (χ3v) is 2.31. The molecule has 0 spiro atoms. The fraction of sp³-hybridized carbons (Fsp3) is 0.583. The third-order valence-electron chi connectivity index (χ3n) is 2.31. The molecule has 0 aromatic heterocycles. The Hall–Kier alpha value is -1.89. The van der Waals surface area contributed by atoms with Gasteiger partial charge in [-0.2, -0.15) is 0 Å². The van der Waals surface area contributed by atoms with Crippen molar-refractivity contribution in [2.24, 2.45) is 5.73 Å². The molecule has 0 radical (unpaired) electrons. The largest absolute Gasteiger partial charge is 0.379 e. The van der Waals surface area contributed by atoms with Crippen molar-refractivity contribution >= 4 is 17.6 Å². The summed E-state index contributed by atoms with van der Waals surface area (Å²) >= 11 is 0. The Kier molecular flexibility index (Phi) is 7.26. The van der Waals surface area contributed by atoms with Crippen molar-refractivity contribution in [1.29, 1.82) is 0 Å². The molecule has 7 heteroatoms. The Balaban J connectivity index is 4.75. The van der Waals surface area contributed by atoms with Crippen LogP contribution in [0.2, 0.25) is 1.41 Å². The van der Waals surface area contributed by atoms with Crippen molar-refractivity contribution in [3.8, 4) is 0 Å². The molecule has 0 saturated carbocycles. The number of hydrogen-bond donors (Lipinski definition) is 4. The molecular weight excluding hydrogens is 248 g/mol. The summed E-state index contributed by atoms with van der Waals surface area (Å²) in [5.41, 5.74) is 1.68. The average Bonchev–Trinajstić information content (AvgIpc) is 2.41. The van der Waals surface area contributed by atoms with Gasteiger partial charge in [0.25, 0.3) is 0 Å². The number of likely N-dealkylation sites (N-methyl/N-ethyl adjacent to an activating group) is 1. The van der Waals surface area contributed by atoms with E-state index in [1.165, 1.54) is 6.92 Å². The maximum atomic E-state index is 12.1. The van der Waals surface area contributed by atoms with Crippen molar-refractivity contribution in [2.45, 2.75) is 32.4 Å². The average molecular weight is 272 g/mol. The lowest BCUT2D eigenvalue weighted by Gasteiger charge is -2.20. The molecule has 0 aromatic carbocycles. The van der Waals surface area contributed by atoms with Gasteiger partial charge in [-0.05, 0) is 27.1 Å². The topological polar surface area (TPSA) is 113 Å². The molecule has 5 N–H and O–H groups in total. The summed E-state index contributed by atoms with van der Waals surface area (Å²) in [7, 11) is 1.70. The second-order valence-electron chi connectivity index (χ2n) is 4.11. The highest BCUT2D eigenvalue weighted by atomic mass is 16.2. The van der Waals surface area contributed by atoms with E-state index >= 15 is 0 Å². The van der Waals surface area contributed by atoms with Crippen LogP contribution in [0.15, 0.2) is 12.3 Å². The van der Waals surface area contributed by atoms with E-state index in [2.05, 4.69) is 16.0 Å². The third kappa shape index (κ3) is 7.20. The van der Waals surface area contributed by atoms with Gasteiger partial charge < -0.3 is 21.7 Å². The van der Waals surface area contributed by atoms with Gasteiger partial charge in [-0.3, -0.25) is 14.4 Å². The van der Waals surface area contributed by atoms with E-state index < -0.39 is 23.9 Å². The highest BCUT2D eigenvalue weighted by Gasteiger charge is 2.24. The first-order chi connectivity index (χ1) is 9.46. The van der Waals surface area contributed by atoms with E-state index in [-0.39, 0.29) is 12.2 Å². The number of nitrogens with two attached hydrogens (primary N) is 1. The second-order valence-corrected chi connectivity index (χ2v) is 4.11. The molecule has 2 atom stereocenters. The highest BCUT2D eigenvalue weighted by molar-refractivity contribution is 5.92. The Morgan fingerprint density at radius 1 is 1.37 bits per heavy atom. The van der Waals surface area contributed by atoms with Crippen molar-refractivity contribution in [3.63, 3.8) is 0 Å². The quantitative estimate of drug-likeness (QED) is 0.414. The summed E-state index contributed by atoms with van der Waals surface area (Å²) in [6.45, 7) is 3.47. The van der Waals surface area contributed by atoms with E-state index in [0.29, 0.717) is 6.54 Å². The Labute approximate surface area is 114 Å². The lowest BCUT2D eigenvalue weighted by molar-refractivity contribution is -0.130. The van der Waals surface area contributed by atoms with Crippen molar-refractivity contribution < 1.29 is 15.8 Å². The fourth-order valence-corrected chi connectivity index (χ4v) is 1.41. The number of rotatable bonds is 9. The minimum atomic E-state index is -1.04. The van der Waals surface area contributed by atoms with E-state index in [4.69, 9.17) is 1.41 Å². The Morgan fingerprint density at radius 3 is 2.53 bits per heavy atom. The van der Waals surface area contributed by atoms with Gasteiger partial charge in [0.05, 0.1) is 0 Å². The molecule has 0 aliphatic rings. The van der Waals surface area contributed by atoms with Gasteiger partial charge in [0.1, 0.15) is 17.9 Å². The molecule has 0 bridgehead atoms. The number of carbonyl (C=O) groups excluding carboxylic acids is 3. The zero-order valence-corrected chi connectivity index (χ0v) is 11.4. The Bertz CT molecular complexity index is 374. The molecule has 0 heterocycles. The zero-order chi connectivity index (χ0) is 15.5. The number of hydrogen-bond acceptors (Lipinski definition) is 5. The molecule has 7 nitrogen and oxygen atoms in total. The molecule has 0 rings (SSSR count). The van der Waals surface area contributed by atoms with Crippen LogP contribution in [0.1, 0.15) is 20.3 Å². The zero-order valence-electron chi connectivity index (χ0n) is 12.4. The van der Waals surface area contributed by atoms with Crippen LogP contribution in [0.5, 0.6) is 0 Å². The molecule has 0 aliphatic carbocycles. The van der Waals surface area contributed by atoms with Crippen molar-refractivity contribution in [2.75, 3.05) is 13.6 Å². The number of amides is 2. The van der Waals surface area contributed by atoms with E-state index in [0.717, 1.165) is 0 Å². The highest BCUT2D eigenvalue weighted by Crippen LogP contribution is 1.95. The van der Waals surface area contributed by atoms with E-state index in [9.17, 15) is 14.4 Å². The smallest absolute Gasteiger partial charge is 0.244 e. The van der Waals surface area contributed by atoms with Gasteiger partial charge >= 0.3 is 0 Å². The second kappa shape index (κ2) is 9.09. The predicted octanol–water partition coefficient (Wildman–Crippen LogP) is -1.35. The fourth-order valence-electron chi connectivity index (χ4n) is 1.41. The van der Waals surface area contributed by atoms with Gasteiger partial charge in [0.15, 0.2) is 1.41 Å². The first kappa shape index (κ1) is 15.2.